The number of amides is 2. The number of nitro benzene ring substituents is 1. The molecule has 3 aromatic carbocycles. The Morgan fingerprint density at radius 1 is 1.03 bits per heavy atom. The summed E-state index contributed by atoms with van der Waals surface area (Å²) in [6.07, 6.45) is 1.08. The van der Waals surface area contributed by atoms with Crippen LogP contribution >= 0.6 is 0 Å². The van der Waals surface area contributed by atoms with Crippen LogP contribution in [0.3, 0.4) is 0 Å². The van der Waals surface area contributed by atoms with E-state index in [1.807, 2.05) is 75.4 Å². The second-order valence-corrected chi connectivity index (χ2v) is 9.41. The summed E-state index contributed by atoms with van der Waals surface area (Å²) in [7, 11) is 1.32. The first kappa shape index (κ1) is 29.2. The highest BCUT2D eigenvalue weighted by Crippen LogP contribution is 2.30. The average Bonchev–Trinajstić information content (AvgIpc) is 2.94. The van der Waals surface area contributed by atoms with E-state index in [2.05, 4.69) is 5.32 Å². The summed E-state index contributed by atoms with van der Waals surface area (Å²) >= 11 is 0. The molecule has 9 heteroatoms. The molecule has 0 fully saturated rings. The highest BCUT2D eigenvalue weighted by molar-refractivity contribution is 5.88. The minimum absolute atomic E-state index is 0.0244. The standard InChI is InChI=1S/C30H35N3O6/c1-5-22(3)31-30(35)27(17-23-9-7-6-8-10-23)32(19-24-13-11-21(2)12-14-24)29(34)20-39-25-15-16-26(33(36)37)28(18-25)38-4/h6-16,18,22,27H,5,17,19-20H2,1-4H3,(H,31,35)/t22-,27-/m1/s1. The van der Waals surface area contributed by atoms with Crippen LogP contribution in [0.5, 0.6) is 11.5 Å². The van der Waals surface area contributed by atoms with Gasteiger partial charge in [-0.3, -0.25) is 19.7 Å². The molecule has 2 amide bonds. The lowest BCUT2D eigenvalue weighted by Gasteiger charge is -2.32. The largest absolute Gasteiger partial charge is 0.490 e. The van der Waals surface area contributed by atoms with Crippen molar-refractivity contribution in [1.29, 1.82) is 0 Å². The molecule has 3 aromatic rings. The number of ether oxygens (including phenoxy) is 2. The van der Waals surface area contributed by atoms with Crippen LogP contribution < -0.4 is 14.8 Å². The Hall–Kier alpha value is -4.40. The number of aryl methyl sites for hydroxylation is 1. The molecule has 0 aliphatic rings. The third-order valence-electron chi connectivity index (χ3n) is 6.46. The maximum absolute atomic E-state index is 13.7. The molecule has 0 aliphatic carbocycles. The van der Waals surface area contributed by atoms with Crippen molar-refractivity contribution in [1.82, 2.24) is 10.2 Å². The summed E-state index contributed by atoms with van der Waals surface area (Å²) in [4.78, 5) is 39.4. The van der Waals surface area contributed by atoms with Gasteiger partial charge in [0, 0.05) is 31.1 Å². The van der Waals surface area contributed by atoms with Crippen molar-refractivity contribution in [3.8, 4) is 11.5 Å². The summed E-state index contributed by atoms with van der Waals surface area (Å²) in [5, 5.41) is 14.2. The lowest BCUT2D eigenvalue weighted by atomic mass is 10.0. The molecular weight excluding hydrogens is 498 g/mol. The fraction of sp³-hybridized carbons (Fsp3) is 0.333. The van der Waals surface area contributed by atoms with Crippen LogP contribution in [0.1, 0.15) is 37.0 Å². The quantitative estimate of drug-likeness (QED) is 0.249. The SMILES string of the molecule is CC[C@@H](C)NC(=O)[C@@H](Cc1ccccc1)N(Cc1ccc(C)cc1)C(=O)COc1ccc([N+](=O)[O-])c(OC)c1. The number of carbonyl (C=O) groups excluding carboxylic acids is 2. The number of hydrogen-bond donors (Lipinski definition) is 1. The molecule has 0 aromatic heterocycles. The van der Waals surface area contributed by atoms with Crippen molar-refractivity contribution in [3.05, 3.63) is 99.6 Å². The van der Waals surface area contributed by atoms with Gasteiger partial charge in [-0.15, -0.1) is 0 Å². The second-order valence-electron chi connectivity index (χ2n) is 9.41. The van der Waals surface area contributed by atoms with E-state index in [-0.39, 0.29) is 42.3 Å². The second kappa shape index (κ2) is 13.9. The van der Waals surface area contributed by atoms with Gasteiger partial charge in [-0.05, 0) is 37.5 Å². The monoisotopic (exact) mass is 533 g/mol. The minimum atomic E-state index is -0.787. The molecule has 0 spiro atoms. The third kappa shape index (κ3) is 8.29. The number of carbonyl (C=O) groups is 2. The number of nitrogens with zero attached hydrogens (tertiary/aromatic N) is 2. The van der Waals surface area contributed by atoms with Gasteiger partial charge >= 0.3 is 5.69 Å². The Morgan fingerprint density at radius 2 is 1.72 bits per heavy atom. The Morgan fingerprint density at radius 3 is 2.33 bits per heavy atom. The molecule has 2 atom stereocenters. The summed E-state index contributed by atoms with van der Waals surface area (Å²) < 4.78 is 10.8. The van der Waals surface area contributed by atoms with Gasteiger partial charge in [0.05, 0.1) is 12.0 Å². The number of benzene rings is 3. The van der Waals surface area contributed by atoms with E-state index in [0.29, 0.717) is 6.42 Å². The molecule has 1 N–H and O–H groups in total. The molecule has 0 bridgehead atoms. The number of nitro groups is 1. The predicted molar refractivity (Wildman–Crippen MR) is 149 cm³/mol. The predicted octanol–water partition coefficient (Wildman–Crippen LogP) is 4.85. The lowest BCUT2D eigenvalue weighted by molar-refractivity contribution is -0.385. The summed E-state index contributed by atoms with van der Waals surface area (Å²) in [6.45, 7) is 5.73. The molecule has 0 saturated heterocycles. The van der Waals surface area contributed by atoms with Gasteiger partial charge in [-0.1, -0.05) is 67.1 Å². The van der Waals surface area contributed by atoms with Crippen LogP contribution in [0.15, 0.2) is 72.8 Å². The first-order valence-corrected chi connectivity index (χ1v) is 12.9. The van der Waals surface area contributed by atoms with E-state index in [4.69, 9.17) is 9.47 Å². The van der Waals surface area contributed by atoms with E-state index >= 15 is 0 Å². The maximum atomic E-state index is 13.7. The van der Waals surface area contributed by atoms with Crippen molar-refractivity contribution in [2.45, 2.75) is 52.2 Å². The molecule has 0 saturated carbocycles. The van der Waals surface area contributed by atoms with Gasteiger partial charge in [0.25, 0.3) is 5.91 Å². The fourth-order valence-corrected chi connectivity index (χ4v) is 4.01. The van der Waals surface area contributed by atoms with Crippen LogP contribution in [0.25, 0.3) is 0 Å². The maximum Gasteiger partial charge on any atom is 0.311 e. The minimum Gasteiger partial charge on any atom is -0.490 e. The molecule has 206 valence electrons. The van der Waals surface area contributed by atoms with E-state index in [0.717, 1.165) is 23.1 Å². The zero-order valence-corrected chi connectivity index (χ0v) is 22.8. The van der Waals surface area contributed by atoms with Crippen LogP contribution in [-0.2, 0) is 22.6 Å². The Kier molecular flexibility index (Phi) is 10.4. The lowest BCUT2D eigenvalue weighted by Crippen LogP contribution is -2.53. The third-order valence-corrected chi connectivity index (χ3v) is 6.46. The normalized spacial score (nSPS) is 12.2. The average molecular weight is 534 g/mol. The van der Waals surface area contributed by atoms with E-state index in [1.54, 1.807) is 0 Å². The van der Waals surface area contributed by atoms with Crippen LogP contribution in [0.4, 0.5) is 5.69 Å². The molecule has 3 rings (SSSR count). The fourth-order valence-electron chi connectivity index (χ4n) is 4.01. The number of nitrogens with one attached hydrogen (secondary N) is 1. The van der Waals surface area contributed by atoms with Crippen molar-refractivity contribution < 1.29 is 24.0 Å². The first-order chi connectivity index (χ1) is 18.7. The summed E-state index contributed by atoms with van der Waals surface area (Å²) in [6, 6.07) is 20.5. The Bertz CT molecular complexity index is 1260. The van der Waals surface area contributed by atoms with Crippen molar-refractivity contribution in [2.24, 2.45) is 0 Å². The highest BCUT2D eigenvalue weighted by atomic mass is 16.6. The summed E-state index contributed by atoms with van der Waals surface area (Å²) in [5.41, 5.74) is 2.68. The first-order valence-electron chi connectivity index (χ1n) is 12.9. The van der Waals surface area contributed by atoms with Gasteiger partial charge < -0.3 is 19.7 Å². The van der Waals surface area contributed by atoms with Crippen LogP contribution in [-0.4, -0.2) is 47.4 Å². The molecule has 0 unspecified atom stereocenters. The van der Waals surface area contributed by atoms with Crippen molar-refractivity contribution in [3.63, 3.8) is 0 Å². The van der Waals surface area contributed by atoms with Gasteiger partial charge in [0.2, 0.25) is 11.7 Å². The molecular formula is C30H35N3O6. The van der Waals surface area contributed by atoms with Crippen LogP contribution in [0, 0.1) is 17.0 Å². The smallest absolute Gasteiger partial charge is 0.311 e. The highest BCUT2D eigenvalue weighted by Gasteiger charge is 2.31. The zero-order valence-electron chi connectivity index (χ0n) is 22.8. The molecule has 0 radical (unpaired) electrons. The topological polar surface area (TPSA) is 111 Å². The number of hydrogen-bond acceptors (Lipinski definition) is 6. The van der Waals surface area contributed by atoms with Crippen LogP contribution in [0.2, 0.25) is 0 Å². The molecule has 0 aliphatic heterocycles. The Balaban J connectivity index is 1.91. The Labute approximate surface area is 228 Å². The van der Waals surface area contributed by atoms with Gasteiger partial charge in [-0.2, -0.15) is 0 Å². The zero-order chi connectivity index (χ0) is 28.4. The summed E-state index contributed by atoms with van der Waals surface area (Å²) in [5.74, 6) is -0.375. The van der Waals surface area contributed by atoms with Crippen molar-refractivity contribution in [2.75, 3.05) is 13.7 Å². The van der Waals surface area contributed by atoms with Gasteiger partial charge in [0.15, 0.2) is 6.61 Å². The van der Waals surface area contributed by atoms with E-state index in [1.165, 1.54) is 30.2 Å². The van der Waals surface area contributed by atoms with Gasteiger partial charge in [0.1, 0.15) is 11.8 Å². The van der Waals surface area contributed by atoms with E-state index in [9.17, 15) is 19.7 Å². The van der Waals surface area contributed by atoms with Gasteiger partial charge in [-0.25, -0.2) is 0 Å². The van der Waals surface area contributed by atoms with Crippen molar-refractivity contribution >= 4 is 17.5 Å². The molecule has 9 nitrogen and oxygen atoms in total. The molecule has 39 heavy (non-hydrogen) atoms. The number of rotatable bonds is 13. The number of methoxy groups -OCH3 is 1. The van der Waals surface area contributed by atoms with E-state index < -0.39 is 16.9 Å². The molecule has 0 heterocycles.